The van der Waals surface area contributed by atoms with Gasteiger partial charge in [-0.3, -0.25) is 10.1 Å². The number of nitrogens with one attached hydrogen (secondary N) is 1. The Morgan fingerprint density at radius 1 is 1.32 bits per heavy atom. The molecule has 0 spiro atoms. The van der Waals surface area contributed by atoms with Crippen molar-refractivity contribution in [2.24, 2.45) is 5.73 Å². The van der Waals surface area contributed by atoms with Crippen LogP contribution in [0.4, 0.5) is 5.95 Å². The molecule has 6 heteroatoms. The van der Waals surface area contributed by atoms with Gasteiger partial charge in [0.15, 0.2) is 0 Å². The molecule has 1 unspecified atom stereocenters. The summed E-state index contributed by atoms with van der Waals surface area (Å²) in [4.78, 5) is 10.7. The van der Waals surface area contributed by atoms with E-state index in [1.807, 2.05) is 24.5 Å². The third-order valence-corrected chi connectivity index (χ3v) is 3.43. The van der Waals surface area contributed by atoms with Crippen molar-refractivity contribution in [3.8, 4) is 0 Å². The Kier molecular flexibility index (Phi) is 3.41. The number of aromatic nitrogens is 4. The number of rotatable bonds is 4. The second-order valence-electron chi connectivity index (χ2n) is 4.93. The summed E-state index contributed by atoms with van der Waals surface area (Å²) in [5.74, 6) is 1.70. The molecule has 1 atom stereocenters. The Hall–Kier alpha value is -1.95. The first-order chi connectivity index (χ1) is 9.31. The lowest BCUT2D eigenvalue weighted by Crippen LogP contribution is -2.27. The molecule has 1 saturated heterocycles. The molecule has 0 aliphatic carbocycles. The van der Waals surface area contributed by atoms with Gasteiger partial charge >= 0.3 is 0 Å². The van der Waals surface area contributed by atoms with Crippen LogP contribution in [-0.2, 0) is 12.8 Å². The van der Waals surface area contributed by atoms with Gasteiger partial charge in [-0.15, -0.1) is 5.10 Å². The van der Waals surface area contributed by atoms with Gasteiger partial charge in [-0.05, 0) is 30.5 Å². The topological polar surface area (TPSA) is 83.7 Å². The lowest BCUT2D eigenvalue weighted by Gasteiger charge is -2.11. The Balaban J connectivity index is 1.59. The van der Waals surface area contributed by atoms with E-state index in [1.54, 1.807) is 0 Å². The Bertz CT molecular complexity index is 523. The summed E-state index contributed by atoms with van der Waals surface area (Å²) in [7, 11) is 0. The highest BCUT2D eigenvalue weighted by molar-refractivity contribution is 5.31. The van der Waals surface area contributed by atoms with Gasteiger partial charge < -0.3 is 10.6 Å². The first-order valence-corrected chi connectivity index (χ1v) is 6.62. The van der Waals surface area contributed by atoms with Crippen molar-refractivity contribution in [1.82, 2.24) is 20.2 Å². The molecule has 19 heavy (non-hydrogen) atoms. The predicted molar refractivity (Wildman–Crippen MR) is 72.8 cm³/mol. The molecule has 3 N–H and O–H groups in total. The van der Waals surface area contributed by atoms with Gasteiger partial charge in [-0.25, -0.2) is 0 Å². The van der Waals surface area contributed by atoms with Crippen LogP contribution in [0.5, 0.6) is 0 Å². The van der Waals surface area contributed by atoms with E-state index in [9.17, 15) is 0 Å². The fourth-order valence-electron chi connectivity index (χ4n) is 2.32. The third kappa shape index (κ3) is 2.90. The summed E-state index contributed by atoms with van der Waals surface area (Å²) < 4.78 is 0. The number of nitrogens with two attached hydrogens (primary N) is 1. The van der Waals surface area contributed by atoms with Crippen LogP contribution in [0.3, 0.4) is 0 Å². The van der Waals surface area contributed by atoms with Gasteiger partial charge in [0, 0.05) is 37.9 Å². The Morgan fingerprint density at radius 2 is 2.16 bits per heavy atom. The first-order valence-electron chi connectivity index (χ1n) is 6.62. The monoisotopic (exact) mass is 258 g/mol. The number of aryl methyl sites for hydroxylation is 2. The highest BCUT2D eigenvalue weighted by Crippen LogP contribution is 2.15. The zero-order valence-corrected chi connectivity index (χ0v) is 10.8. The number of nitrogens with zero attached hydrogens (tertiary/aromatic N) is 4. The molecular formula is C13H18N6. The molecule has 0 radical (unpaired) electrons. The maximum absolute atomic E-state index is 5.89. The Morgan fingerprint density at radius 3 is 2.89 bits per heavy atom. The highest BCUT2D eigenvalue weighted by atomic mass is 15.4. The molecule has 100 valence electrons. The summed E-state index contributed by atoms with van der Waals surface area (Å²) in [6.45, 7) is 1.80. The fourth-order valence-corrected chi connectivity index (χ4v) is 2.32. The second kappa shape index (κ2) is 5.36. The maximum atomic E-state index is 5.89. The first kappa shape index (κ1) is 12.1. The van der Waals surface area contributed by atoms with Crippen molar-refractivity contribution in [2.45, 2.75) is 25.3 Å². The molecule has 3 rings (SSSR count). The van der Waals surface area contributed by atoms with Crippen LogP contribution in [0.15, 0.2) is 24.5 Å². The maximum Gasteiger partial charge on any atom is 0.244 e. The van der Waals surface area contributed by atoms with Crippen molar-refractivity contribution < 1.29 is 0 Å². The number of hydrogen-bond acceptors (Lipinski definition) is 5. The fraction of sp³-hybridized carbons (Fsp3) is 0.462. The quantitative estimate of drug-likeness (QED) is 0.835. The van der Waals surface area contributed by atoms with Crippen LogP contribution >= 0.6 is 0 Å². The van der Waals surface area contributed by atoms with Crippen molar-refractivity contribution in [3.63, 3.8) is 0 Å². The van der Waals surface area contributed by atoms with E-state index >= 15 is 0 Å². The highest BCUT2D eigenvalue weighted by Gasteiger charge is 2.22. The average Bonchev–Trinajstić information content (AvgIpc) is 3.06. The summed E-state index contributed by atoms with van der Waals surface area (Å²) in [6.07, 6.45) is 6.44. The lowest BCUT2D eigenvalue weighted by molar-refractivity contribution is 0.750. The molecule has 2 aromatic rings. The van der Waals surface area contributed by atoms with E-state index in [2.05, 4.69) is 25.1 Å². The third-order valence-electron chi connectivity index (χ3n) is 3.43. The summed E-state index contributed by atoms with van der Waals surface area (Å²) >= 11 is 0. The SMILES string of the molecule is NC1CCN(c2n[nH]c(CCc3ccncc3)n2)C1. The van der Waals surface area contributed by atoms with Gasteiger partial charge in [-0.2, -0.15) is 4.98 Å². The van der Waals surface area contributed by atoms with Crippen molar-refractivity contribution >= 4 is 5.95 Å². The van der Waals surface area contributed by atoms with E-state index in [4.69, 9.17) is 5.73 Å². The molecule has 1 aliphatic heterocycles. The van der Waals surface area contributed by atoms with Gasteiger partial charge in [0.1, 0.15) is 5.82 Å². The van der Waals surface area contributed by atoms with E-state index in [0.717, 1.165) is 44.1 Å². The van der Waals surface area contributed by atoms with Crippen molar-refractivity contribution in [1.29, 1.82) is 0 Å². The van der Waals surface area contributed by atoms with E-state index in [1.165, 1.54) is 5.56 Å². The molecule has 0 saturated carbocycles. The minimum absolute atomic E-state index is 0.249. The van der Waals surface area contributed by atoms with Crippen LogP contribution in [0.25, 0.3) is 0 Å². The standard InChI is InChI=1S/C13H18N6/c14-11-5-8-19(9-11)13-16-12(17-18-13)2-1-10-3-6-15-7-4-10/h3-4,6-7,11H,1-2,5,8-9,14H2,(H,16,17,18). The van der Waals surface area contributed by atoms with Crippen molar-refractivity contribution in [3.05, 3.63) is 35.9 Å². The number of H-pyrrole nitrogens is 1. The smallest absolute Gasteiger partial charge is 0.244 e. The van der Waals surface area contributed by atoms with Crippen molar-refractivity contribution in [2.75, 3.05) is 18.0 Å². The molecule has 1 fully saturated rings. The normalized spacial score (nSPS) is 19.0. The minimum atomic E-state index is 0.249. The zero-order chi connectivity index (χ0) is 13.1. The molecule has 1 aliphatic rings. The molecule has 0 bridgehead atoms. The van der Waals surface area contributed by atoms with Crippen LogP contribution in [-0.4, -0.2) is 39.3 Å². The molecule has 0 aromatic carbocycles. The summed E-state index contributed by atoms with van der Waals surface area (Å²) in [5.41, 5.74) is 7.15. The van der Waals surface area contributed by atoms with Crippen LogP contribution in [0.1, 0.15) is 17.8 Å². The largest absolute Gasteiger partial charge is 0.338 e. The molecule has 0 amide bonds. The average molecular weight is 258 g/mol. The second-order valence-corrected chi connectivity index (χ2v) is 4.93. The molecule has 3 heterocycles. The number of aromatic amines is 1. The Labute approximate surface area is 112 Å². The van der Waals surface area contributed by atoms with E-state index < -0.39 is 0 Å². The van der Waals surface area contributed by atoms with Crippen LogP contribution in [0, 0.1) is 0 Å². The van der Waals surface area contributed by atoms with Gasteiger partial charge in [0.25, 0.3) is 0 Å². The zero-order valence-electron chi connectivity index (χ0n) is 10.8. The van der Waals surface area contributed by atoms with E-state index in [-0.39, 0.29) is 6.04 Å². The summed E-state index contributed by atoms with van der Waals surface area (Å²) in [5, 5.41) is 7.28. The predicted octanol–water partition coefficient (Wildman–Crippen LogP) is 0.522. The molecular weight excluding hydrogens is 240 g/mol. The van der Waals surface area contributed by atoms with Crippen LogP contribution in [0.2, 0.25) is 0 Å². The summed E-state index contributed by atoms with van der Waals surface area (Å²) in [6, 6.07) is 4.30. The van der Waals surface area contributed by atoms with Gasteiger partial charge in [0.2, 0.25) is 5.95 Å². The van der Waals surface area contributed by atoms with E-state index in [0.29, 0.717) is 0 Å². The van der Waals surface area contributed by atoms with Gasteiger partial charge in [-0.1, -0.05) is 0 Å². The minimum Gasteiger partial charge on any atom is -0.338 e. The molecule has 6 nitrogen and oxygen atoms in total. The molecule has 2 aromatic heterocycles. The number of pyridine rings is 1. The van der Waals surface area contributed by atoms with Gasteiger partial charge in [0.05, 0.1) is 0 Å². The number of anilines is 1. The van der Waals surface area contributed by atoms with Crippen LogP contribution < -0.4 is 10.6 Å². The lowest BCUT2D eigenvalue weighted by atomic mass is 10.1. The number of hydrogen-bond donors (Lipinski definition) is 2.